The number of carbonyl (C=O) groups excluding carboxylic acids is 1. The summed E-state index contributed by atoms with van der Waals surface area (Å²) < 4.78 is 1.70. The molecule has 2 aromatic heterocycles. The molecule has 7 heteroatoms. The van der Waals surface area contributed by atoms with Gasteiger partial charge in [0.05, 0.1) is 23.1 Å². The molecule has 28 heavy (non-hydrogen) atoms. The summed E-state index contributed by atoms with van der Waals surface area (Å²) in [7, 11) is 0. The van der Waals surface area contributed by atoms with Gasteiger partial charge in [-0.2, -0.15) is 5.10 Å². The fourth-order valence-corrected chi connectivity index (χ4v) is 4.62. The lowest BCUT2D eigenvalue weighted by molar-refractivity contribution is 0.102. The monoisotopic (exact) mass is 395 g/mol. The number of amides is 1. The molecule has 1 aliphatic rings. The predicted molar refractivity (Wildman–Crippen MR) is 112 cm³/mol. The van der Waals surface area contributed by atoms with Crippen LogP contribution in [0.2, 0.25) is 0 Å². The zero-order chi connectivity index (χ0) is 19.5. The number of hydrogen-bond acceptors (Lipinski definition) is 5. The van der Waals surface area contributed by atoms with E-state index in [9.17, 15) is 4.79 Å². The Kier molecular flexibility index (Phi) is 5.54. The van der Waals surface area contributed by atoms with Gasteiger partial charge in [-0.25, -0.2) is 9.67 Å². The summed E-state index contributed by atoms with van der Waals surface area (Å²) in [5.41, 5.74) is 2.45. The lowest BCUT2D eigenvalue weighted by atomic mass is 9.92. The van der Waals surface area contributed by atoms with E-state index in [1.165, 1.54) is 17.8 Å². The van der Waals surface area contributed by atoms with E-state index in [0.29, 0.717) is 10.7 Å². The first-order valence-corrected chi connectivity index (χ1v) is 10.5. The minimum Gasteiger partial charge on any atom is -0.298 e. The number of thiazole rings is 1. The van der Waals surface area contributed by atoms with Crippen LogP contribution in [-0.4, -0.2) is 38.7 Å². The first-order valence-electron chi connectivity index (χ1n) is 9.65. The summed E-state index contributed by atoms with van der Waals surface area (Å²) in [5.74, 6) is 1.26. The number of likely N-dealkylation sites (tertiary alicyclic amines) is 1. The molecule has 1 N–H and O–H groups in total. The van der Waals surface area contributed by atoms with Crippen LogP contribution in [0.1, 0.15) is 36.3 Å². The quantitative estimate of drug-likeness (QED) is 0.708. The minimum absolute atomic E-state index is 0.191. The maximum absolute atomic E-state index is 12.5. The van der Waals surface area contributed by atoms with Gasteiger partial charge in [-0.3, -0.25) is 15.0 Å². The molecule has 146 valence electrons. The SMILES string of the molecule is CC1CC(C)CN(Cc2csc(NC(=O)c3cnn(-c4ccccc4)c3)n2)C1. The molecule has 0 radical (unpaired) electrons. The van der Waals surface area contributed by atoms with Gasteiger partial charge in [0.25, 0.3) is 5.91 Å². The Bertz CT molecular complexity index is 925. The highest BCUT2D eigenvalue weighted by atomic mass is 32.1. The summed E-state index contributed by atoms with van der Waals surface area (Å²) >= 11 is 1.47. The van der Waals surface area contributed by atoms with Gasteiger partial charge >= 0.3 is 0 Å². The van der Waals surface area contributed by atoms with Crippen molar-refractivity contribution >= 4 is 22.4 Å². The van der Waals surface area contributed by atoms with Crippen LogP contribution in [0.25, 0.3) is 5.69 Å². The van der Waals surface area contributed by atoms with Crippen molar-refractivity contribution < 1.29 is 4.79 Å². The van der Waals surface area contributed by atoms with Gasteiger partial charge in [0, 0.05) is 31.2 Å². The molecule has 2 atom stereocenters. The number of carbonyl (C=O) groups is 1. The van der Waals surface area contributed by atoms with E-state index < -0.39 is 0 Å². The lowest BCUT2D eigenvalue weighted by Crippen LogP contribution is -2.38. The Balaban J connectivity index is 1.37. The van der Waals surface area contributed by atoms with E-state index in [-0.39, 0.29) is 5.91 Å². The number of nitrogens with zero attached hydrogens (tertiary/aromatic N) is 4. The highest BCUT2D eigenvalue weighted by molar-refractivity contribution is 7.13. The van der Waals surface area contributed by atoms with Crippen LogP contribution in [0.3, 0.4) is 0 Å². The number of hydrogen-bond donors (Lipinski definition) is 1. The number of aromatic nitrogens is 3. The Labute approximate surface area is 169 Å². The number of rotatable bonds is 5. The van der Waals surface area contributed by atoms with Gasteiger partial charge < -0.3 is 0 Å². The average Bonchev–Trinajstić information content (AvgIpc) is 3.31. The van der Waals surface area contributed by atoms with Gasteiger partial charge in [-0.05, 0) is 30.4 Å². The maximum Gasteiger partial charge on any atom is 0.260 e. The smallest absolute Gasteiger partial charge is 0.260 e. The van der Waals surface area contributed by atoms with E-state index in [2.05, 4.69) is 34.1 Å². The third-order valence-electron chi connectivity index (χ3n) is 4.97. The molecule has 0 spiro atoms. The second-order valence-corrected chi connectivity index (χ2v) is 8.61. The predicted octanol–water partition coefficient (Wildman–Crippen LogP) is 4.06. The summed E-state index contributed by atoms with van der Waals surface area (Å²) in [4.78, 5) is 19.6. The summed E-state index contributed by atoms with van der Waals surface area (Å²) in [6, 6.07) is 9.73. The minimum atomic E-state index is -0.191. The molecule has 1 amide bonds. The standard InChI is InChI=1S/C21H25N5OS/c1-15-8-16(2)11-25(10-15)13-18-14-28-21(23-18)24-20(27)17-9-22-26(12-17)19-6-4-3-5-7-19/h3-7,9,12,14-16H,8,10-11,13H2,1-2H3,(H,23,24,27). The van der Waals surface area contributed by atoms with Crippen LogP contribution in [0.4, 0.5) is 5.13 Å². The Morgan fingerprint density at radius 3 is 2.71 bits per heavy atom. The van der Waals surface area contributed by atoms with Gasteiger partial charge in [0.15, 0.2) is 5.13 Å². The van der Waals surface area contributed by atoms with E-state index in [1.807, 2.05) is 35.7 Å². The Morgan fingerprint density at radius 2 is 1.96 bits per heavy atom. The molecule has 1 saturated heterocycles. The van der Waals surface area contributed by atoms with E-state index >= 15 is 0 Å². The zero-order valence-corrected chi connectivity index (χ0v) is 17.0. The molecule has 2 unspecified atom stereocenters. The molecular formula is C21H25N5OS. The van der Waals surface area contributed by atoms with Crippen LogP contribution in [0.5, 0.6) is 0 Å². The number of benzene rings is 1. The van der Waals surface area contributed by atoms with Gasteiger partial charge in [0.2, 0.25) is 0 Å². The van der Waals surface area contributed by atoms with E-state index in [0.717, 1.165) is 42.9 Å². The average molecular weight is 396 g/mol. The summed E-state index contributed by atoms with van der Waals surface area (Å²) in [6.45, 7) is 7.69. The fraction of sp³-hybridized carbons (Fsp3) is 0.381. The van der Waals surface area contributed by atoms with Crippen LogP contribution in [0, 0.1) is 11.8 Å². The third-order valence-corrected chi connectivity index (χ3v) is 5.77. The molecule has 4 rings (SSSR count). The van der Waals surface area contributed by atoms with Crippen molar-refractivity contribution in [3.05, 3.63) is 59.4 Å². The second-order valence-electron chi connectivity index (χ2n) is 7.75. The molecule has 0 bridgehead atoms. The van der Waals surface area contributed by atoms with Crippen molar-refractivity contribution in [1.29, 1.82) is 0 Å². The van der Waals surface area contributed by atoms with Crippen molar-refractivity contribution in [3.63, 3.8) is 0 Å². The van der Waals surface area contributed by atoms with Crippen LogP contribution in [0.15, 0.2) is 48.1 Å². The topological polar surface area (TPSA) is 63.1 Å². The molecular weight excluding hydrogens is 370 g/mol. The number of anilines is 1. The molecule has 1 fully saturated rings. The Morgan fingerprint density at radius 1 is 1.21 bits per heavy atom. The normalized spacial score (nSPS) is 20.2. The largest absolute Gasteiger partial charge is 0.298 e. The van der Waals surface area contributed by atoms with Crippen LogP contribution < -0.4 is 5.32 Å². The van der Waals surface area contributed by atoms with E-state index in [4.69, 9.17) is 0 Å². The third kappa shape index (κ3) is 4.48. The number of piperidine rings is 1. The van der Waals surface area contributed by atoms with Gasteiger partial charge in [0.1, 0.15) is 0 Å². The molecule has 0 aliphatic carbocycles. The first kappa shape index (κ1) is 18.8. The van der Waals surface area contributed by atoms with Crippen LogP contribution >= 0.6 is 11.3 Å². The highest BCUT2D eigenvalue weighted by Crippen LogP contribution is 2.24. The second kappa shape index (κ2) is 8.24. The fourth-order valence-electron chi connectivity index (χ4n) is 3.92. The van der Waals surface area contributed by atoms with E-state index in [1.54, 1.807) is 17.1 Å². The molecule has 3 heterocycles. The molecule has 6 nitrogen and oxygen atoms in total. The lowest BCUT2D eigenvalue weighted by Gasteiger charge is -2.34. The van der Waals surface area contributed by atoms with Crippen molar-refractivity contribution in [2.75, 3.05) is 18.4 Å². The van der Waals surface area contributed by atoms with Crippen molar-refractivity contribution in [2.24, 2.45) is 11.8 Å². The van der Waals surface area contributed by atoms with Gasteiger partial charge in [-0.15, -0.1) is 11.3 Å². The number of nitrogens with one attached hydrogen (secondary N) is 1. The zero-order valence-electron chi connectivity index (χ0n) is 16.2. The van der Waals surface area contributed by atoms with Crippen molar-refractivity contribution in [3.8, 4) is 5.69 Å². The van der Waals surface area contributed by atoms with Crippen LogP contribution in [-0.2, 0) is 6.54 Å². The molecule has 1 aromatic carbocycles. The Hall–Kier alpha value is -2.51. The van der Waals surface area contributed by atoms with Crippen molar-refractivity contribution in [1.82, 2.24) is 19.7 Å². The molecule has 1 aliphatic heterocycles. The maximum atomic E-state index is 12.5. The van der Waals surface area contributed by atoms with Crippen molar-refractivity contribution in [2.45, 2.75) is 26.8 Å². The first-order chi connectivity index (χ1) is 13.6. The summed E-state index contributed by atoms with van der Waals surface area (Å²) in [5, 5.41) is 9.84. The molecule has 0 saturated carbocycles. The summed E-state index contributed by atoms with van der Waals surface area (Å²) in [6.07, 6.45) is 4.61. The number of para-hydroxylation sites is 1. The van der Waals surface area contributed by atoms with Gasteiger partial charge in [-0.1, -0.05) is 32.0 Å². The molecule has 3 aromatic rings. The highest BCUT2D eigenvalue weighted by Gasteiger charge is 2.22.